The summed E-state index contributed by atoms with van der Waals surface area (Å²) in [6.07, 6.45) is 17.4. The Labute approximate surface area is 122 Å². The first-order valence-electron chi connectivity index (χ1n) is 6.99. The lowest BCUT2D eigenvalue weighted by molar-refractivity contribution is 1.01. The third kappa shape index (κ3) is 3.01. The predicted molar refractivity (Wildman–Crippen MR) is 89.3 cm³/mol. The SMILES string of the molecule is C1#CC(P(C2=CC=CCC2)c2ccccc2)C=CC=C1. The van der Waals surface area contributed by atoms with Crippen molar-refractivity contribution < 1.29 is 0 Å². The molecule has 3 rings (SSSR count). The number of rotatable bonds is 3. The summed E-state index contributed by atoms with van der Waals surface area (Å²) in [6, 6.07) is 10.9. The lowest BCUT2D eigenvalue weighted by atomic mass is 10.2. The molecule has 0 fully saturated rings. The van der Waals surface area contributed by atoms with Gasteiger partial charge in [0.2, 0.25) is 0 Å². The molecular formula is C19H17P. The first kappa shape index (κ1) is 13.2. The van der Waals surface area contributed by atoms with Crippen molar-refractivity contribution in [2.75, 3.05) is 0 Å². The minimum Gasteiger partial charge on any atom is -0.0855 e. The second-order valence-corrected chi connectivity index (χ2v) is 7.20. The first-order chi connectivity index (χ1) is 9.95. The van der Waals surface area contributed by atoms with Crippen LogP contribution in [0.2, 0.25) is 0 Å². The zero-order valence-electron chi connectivity index (χ0n) is 11.4. The molecule has 2 aliphatic rings. The molecule has 2 aliphatic carbocycles. The van der Waals surface area contributed by atoms with Crippen molar-refractivity contribution in [3.63, 3.8) is 0 Å². The third-order valence-corrected chi connectivity index (χ3v) is 6.13. The lowest BCUT2D eigenvalue weighted by Gasteiger charge is -2.26. The highest BCUT2D eigenvalue weighted by molar-refractivity contribution is 7.70. The third-order valence-electron chi connectivity index (χ3n) is 3.43. The van der Waals surface area contributed by atoms with Crippen molar-refractivity contribution >= 4 is 13.2 Å². The summed E-state index contributed by atoms with van der Waals surface area (Å²) in [5, 5.41) is 2.98. The van der Waals surface area contributed by atoms with Crippen molar-refractivity contribution in [3.8, 4) is 11.8 Å². The van der Waals surface area contributed by atoms with Crippen LogP contribution in [0.4, 0.5) is 0 Å². The summed E-state index contributed by atoms with van der Waals surface area (Å²) >= 11 is 0. The Morgan fingerprint density at radius 1 is 1.05 bits per heavy atom. The van der Waals surface area contributed by atoms with E-state index < -0.39 is 7.92 Å². The van der Waals surface area contributed by atoms with Crippen LogP contribution in [0.15, 0.2) is 78.2 Å². The molecule has 2 atom stereocenters. The Balaban J connectivity index is 2.01. The van der Waals surface area contributed by atoms with Gasteiger partial charge in [-0.1, -0.05) is 78.6 Å². The molecule has 0 aliphatic heterocycles. The van der Waals surface area contributed by atoms with Crippen LogP contribution < -0.4 is 5.30 Å². The van der Waals surface area contributed by atoms with Crippen LogP contribution in [-0.4, -0.2) is 5.66 Å². The Hall–Kier alpha value is -1.83. The molecule has 1 heteroatoms. The number of hydrogen-bond donors (Lipinski definition) is 0. The molecule has 98 valence electrons. The summed E-state index contributed by atoms with van der Waals surface area (Å²) in [5.74, 6) is 6.58. The summed E-state index contributed by atoms with van der Waals surface area (Å²) in [4.78, 5) is 0. The maximum atomic E-state index is 3.42. The summed E-state index contributed by atoms with van der Waals surface area (Å²) in [6.45, 7) is 0. The minimum atomic E-state index is -0.400. The highest BCUT2D eigenvalue weighted by Gasteiger charge is 2.23. The van der Waals surface area contributed by atoms with Gasteiger partial charge in [-0.3, -0.25) is 0 Å². The monoisotopic (exact) mass is 276 g/mol. The molecule has 20 heavy (non-hydrogen) atoms. The van der Waals surface area contributed by atoms with Gasteiger partial charge in [-0.2, -0.15) is 0 Å². The van der Waals surface area contributed by atoms with Gasteiger partial charge < -0.3 is 0 Å². The highest BCUT2D eigenvalue weighted by atomic mass is 31.1. The van der Waals surface area contributed by atoms with Gasteiger partial charge in [0.05, 0.1) is 5.66 Å². The predicted octanol–water partition coefficient (Wildman–Crippen LogP) is 4.53. The van der Waals surface area contributed by atoms with Crippen LogP contribution in [0.3, 0.4) is 0 Å². The Kier molecular flexibility index (Phi) is 4.32. The average molecular weight is 276 g/mol. The molecule has 0 aromatic heterocycles. The van der Waals surface area contributed by atoms with Crippen LogP contribution in [-0.2, 0) is 0 Å². The summed E-state index contributed by atoms with van der Waals surface area (Å²) in [5.41, 5.74) is 0.320. The molecule has 1 aromatic rings. The van der Waals surface area contributed by atoms with E-state index in [4.69, 9.17) is 0 Å². The van der Waals surface area contributed by atoms with Crippen molar-refractivity contribution in [3.05, 3.63) is 78.2 Å². The molecule has 1 aromatic carbocycles. The van der Waals surface area contributed by atoms with E-state index in [0.717, 1.165) is 12.8 Å². The Morgan fingerprint density at radius 3 is 2.75 bits per heavy atom. The number of allylic oxidation sites excluding steroid dienone is 8. The van der Waals surface area contributed by atoms with E-state index in [1.165, 1.54) is 5.30 Å². The highest BCUT2D eigenvalue weighted by Crippen LogP contribution is 2.51. The zero-order valence-corrected chi connectivity index (χ0v) is 12.3. The maximum Gasteiger partial charge on any atom is 0.0666 e. The second-order valence-electron chi connectivity index (χ2n) is 4.81. The van der Waals surface area contributed by atoms with E-state index in [-0.39, 0.29) is 0 Å². The summed E-state index contributed by atoms with van der Waals surface area (Å²) in [7, 11) is -0.400. The van der Waals surface area contributed by atoms with Crippen LogP contribution in [0.25, 0.3) is 0 Å². The number of hydrogen-bond acceptors (Lipinski definition) is 0. The Morgan fingerprint density at radius 2 is 1.95 bits per heavy atom. The quantitative estimate of drug-likeness (QED) is 0.562. The molecule has 0 nitrogen and oxygen atoms in total. The van der Waals surface area contributed by atoms with E-state index in [1.807, 2.05) is 12.2 Å². The topological polar surface area (TPSA) is 0 Å². The minimum absolute atomic E-state index is 0.320. The molecule has 2 unspecified atom stereocenters. The smallest absolute Gasteiger partial charge is 0.0666 e. The summed E-state index contributed by atoms with van der Waals surface area (Å²) < 4.78 is 0. The molecule has 0 saturated heterocycles. The molecule has 0 saturated carbocycles. The molecule has 0 bridgehead atoms. The van der Waals surface area contributed by atoms with Crippen molar-refractivity contribution in [2.45, 2.75) is 18.5 Å². The molecule has 0 spiro atoms. The van der Waals surface area contributed by atoms with E-state index in [1.54, 1.807) is 5.31 Å². The lowest BCUT2D eigenvalue weighted by Crippen LogP contribution is -2.12. The maximum absolute atomic E-state index is 3.42. The van der Waals surface area contributed by atoms with Crippen LogP contribution in [0.1, 0.15) is 12.8 Å². The molecular weight excluding hydrogens is 259 g/mol. The van der Waals surface area contributed by atoms with Gasteiger partial charge in [0.15, 0.2) is 0 Å². The van der Waals surface area contributed by atoms with Gasteiger partial charge in [-0.05, 0) is 37.5 Å². The van der Waals surface area contributed by atoms with Crippen LogP contribution in [0.5, 0.6) is 0 Å². The zero-order chi connectivity index (χ0) is 13.6. The second kappa shape index (κ2) is 6.56. The fourth-order valence-electron chi connectivity index (χ4n) is 2.49. The molecule has 0 N–H and O–H groups in total. The van der Waals surface area contributed by atoms with E-state index in [0.29, 0.717) is 5.66 Å². The largest absolute Gasteiger partial charge is 0.0855 e. The van der Waals surface area contributed by atoms with E-state index in [2.05, 4.69) is 72.6 Å². The van der Waals surface area contributed by atoms with E-state index in [9.17, 15) is 0 Å². The van der Waals surface area contributed by atoms with Gasteiger partial charge in [0.25, 0.3) is 0 Å². The van der Waals surface area contributed by atoms with Crippen molar-refractivity contribution in [2.24, 2.45) is 0 Å². The molecule has 0 heterocycles. The van der Waals surface area contributed by atoms with Crippen molar-refractivity contribution in [1.82, 2.24) is 0 Å². The fourth-order valence-corrected chi connectivity index (χ4v) is 5.08. The molecule has 0 radical (unpaired) electrons. The van der Waals surface area contributed by atoms with Gasteiger partial charge >= 0.3 is 0 Å². The van der Waals surface area contributed by atoms with Crippen LogP contribution in [0, 0.1) is 11.8 Å². The number of benzene rings is 1. The Bertz CT molecular complexity index is 635. The van der Waals surface area contributed by atoms with Gasteiger partial charge in [-0.15, -0.1) is 0 Å². The van der Waals surface area contributed by atoms with Gasteiger partial charge in [0.1, 0.15) is 0 Å². The van der Waals surface area contributed by atoms with Crippen LogP contribution >= 0.6 is 7.92 Å². The van der Waals surface area contributed by atoms with Gasteiger partial charge in [0, 0.05) is 0 Å². The van der Waals surface area contributed by atoms with Crippen molar-refractivity contribution in [1.29, 1.82) is 0 Å². The first-order valence-corrected chi connectivity index (χ1v) is 8.40. The normalized spacial score (nSPS) is 21.6. The fraction of sp³-hybridized carbons (Fsp3) is 0.158. The molecule has 0 amide bonds. The average Bonchev–Trinajstić information content (AvgIpc) is 2.79. The van der Waals surface area contributed by atoms with Gasteiger partial charge in [-0.25, -0.2) is 0 Å². The van der Waals surface area contributed by atoms with E-state index >= 15 is 0 Å². The standard InChI is InChI=1S/C19H17P/c1-2-6-12-17(11-5-1)20(18-13-7-3-8-14-18)19-15-9-4-10-16-19/h1-5,7-9,11,13-15,17H,10,16H2.